The highest BCUT2D eigenvalue weighted by molar-refractivity contribution is 7.88. The summed E-state index contributed by atoms with van der Waals surface area (Å²) in [5.41, 5.74) is 1.75. The van der Waals surface area contributed by atoms with E-state index in [9.17, 15) is 8.42 Å². The van der Waals surface area contributed by atoms with Crippen molar-refractivity contribution in [3.8, 4) is 0 Å². The van der Waals surface area contributed by atoms with Gasteiger partial charge in [0.2, 0.25) is 10.0 Å². The van der Waals surface area contributed by atoms with Crippen LogP contribution >= 0.6 is 0 Å². The highest BCUT2D eigenvalue weighted by Gasteiger charge is 2.15. The molecule has 1 aliphatic heterocycles. The monoisotopic (exact) mass is 296 g/mol. The van der Waals surface area contributed by atoms with Crippen molar-refractivity contribution in [2.45, 2.75) is 18.2 Å². The summed E-state index contributed by atoms with van der Waals surface area (Å²) in [6.07, 6.45) is 2.52. The fourth-order valence-electron chi connectivity index (χ4n) is 2.04. The summed E-state index contributed by atoms with van der Waals surface area (Å²) in [6.45, 7) is 5.26. The Morgan fingerprint density at radius 1 is 1.35 bits per heavy atom. The molecule has 20 heavy (non-hydrogen) atoms. The van der Waals surface area contributed by atoms with Gasteiger partial charge in [0, 0.05) is 18.8 Å². The summed E-state index contributed by atoms with van der Waals surface area (Å²) < 4.78 is 31.2. The molecule has 0 aromatic heterocycles. The Bertz CT molecular complexity index is 534. The zero-order valence-corrected chi connectivity index (χ0v) is 12.2. The lowest BCUT2D eigenvalue weighted by Crippen LogP contribution is -2.25. The second kappa shape index (κ2) is 6.88. The first-order valence-electron chi connectivity index (χ1n) is 6.60. The normalized spacial score (nSPS) is 18.9. The fraction of sp³-hybridized carbons (Fsp3) is 0.429. The lowest BCUT2D eigenvalue weighted by molar-refractivity contribution is 0.195. The van der Waals surface area contributed by atoms with Crippen LogP contribution in [-0.2, 0) is 20.5 Å². The lowest BCUT2D eigenvalue weighted by Gasteiger charge is -2.12. The van der Waals surface area contributed by atoms with Gasteiger partial charge in [-0.2, -0.15) is 0 Å². The van der Waals surface area contributed by atoms with E-state index in [4.69, 9.17) is 4.74 Å². The van der Waals surface area contributed by atoms with Gasteiger partial charge in [0.15, 0.2) is 0 Å². The maximum absolute atomic E-state index is 11.7. The first kappa shape index (κ1) is 15.0. The molecule has 2 N–H and O–H groups in total. The van der Waals surface area contributed by atoms with Gasteiger partial charge in [0.1, 0.15) is 0 Å². The average molecular weight is 296 g/mol. The first-order chi connectivity index (χ1) is 9.59. The van der Waals surface area contributed by atoms with E-state index < -0.39 is 10.0 Å². The predicted molar refractivity (Wildman–Crippen MR) is 80.1 cm³/mol. The first-order valence-corrected chi connectivity index (χ1v) is 8.26. The summed E-state index contributed by atoms with van der Waals surface area (Å²) in [7, 11) is -3.29. The van der Waals surface area contributed by atoms with Crippen molar-refractivity contribution in [3.63, 3.8) is 0 Å². The van der Waals surface area contributed by atoms with E-state index in [1.165, 1.54) is 6.08 Å². The maximum atomic E-state index is 11.7. The molecule has 110 valence electrons. The topological polar surface area (TPSA) is 67.4 Å². The molecule has 2 rings (SSSR count). The van der Waals surface area contributed by atoms with Crippen molar-refractivity contribution in [3.05, 3.63) is 42.5 Å². The van der Waals surface area contributed by atoms with Crippen molar-refractivity contribution in [1.29, 1.82) is 0 Å². The van der Waals surface area contributed by atoms with Crippen LogP contribution in [0.2, 0.25) is 0 Å². The molecule has 1 saturated heterocycles. The minimum absolute atomic E-state index is 0.0202. The molecular formula is C14H20N2O3S. The Balaban J connectivity index is 1.92. The Kier molecular flexibility index (Phi) is 5.17. The maximum Gasteiger partial charge on any atom is 0.216 e. The molecule has 6 heteroatoms. The zero-order chi connectivity index (χ0) is 14.4. The quantitative estimate of drug-likeness (QED) is 0.748. The molecule has 0 saturated carbocycles. The zero-order valence-electron chi connectivity index (χ0n) is 11.3. The molecule has 0 bridgehead atoms. The van der Waals surface area contributed by atoms with Crippen molar-refractivity contribution in [2.24, 2.45) is 0 Å². The van der Waals surface area contributed by atoms with Crippen molar-refractivity contribution in [2.75, 3.05) is 25.1 Å². The number of hydrogen-bond donors (Lipinski definition) is 2. The van der Waals surface area contributed by atoms with Crippen molar-refractivity contribution < 1.29 is 13.2 Å². The van der Waals surface area contributed by atoms with Gasteiger partial charge >= 0.3 is 0 Å². The SMILES string of the molecule is C=CCNS(=O)(=O)Cc1ccc(N[C@@H]2CCOC2)cc1. The number of ether oxygens (including phenoxy) is 1. The molecule has 1 aromatic carbocycles. The minimum Gasteiger partial charge on any atom is -0.380 e. The van der Waals surface area contributed by atoms with E-state index in [1.54, 1.807) is 0 Å². The standard InChI is InChI=1S/C14H20N2O3S/c1-2-8-15-20(17,18)11-12-3-5-13(6-4-12)16-14-7-9-19-10-14/h2-6,14-16H,1,7-11H2/t14-/m1/s1. The largest absolute Gasteiger partial charge is 0.380 e. The van der Waals surface area contributed by atoms with E-state index in [2.05, 4.69) is 16.6 Å². The van der Waals surface area contributed by atoms with Crippen LogP contribution in [0.3, 0.4) is 0 Å². The van der Waals surface area contributed by atoms with Crippen molar-refractivity contribution in [1.82, 2.24) is 4.72 Å². The van der Waals surface area contributed by atoms with Crippen LogP contribution in [-0.4, -0.2) is 34.2 Å². The number of hydrogen-bond acceptors (Lipinski definition) is 4. The smallest absolute Gasteiger partial charge is 0.216 e. The van der Waals surface area contributed by atoms with Crippen LogP contribution in [0.15, 0.2) is 36.9 Å². The van der Waals surface area contributed by atoms with Crippen LogP contribution < -0.4 is 10.0 Å². The molecule has 1 fully saturated rings. The average Bonchev–Trinajstić information content (AvgIpc) is 2.91. The Labute approximate surface area is 120 Å². The summed E-state index contributed by atoms with van der Waals surface area (Å²) in [4.78, 5) is 0. The van der Waals surface area contributed by atoms with Gasteiger partial charge in [-0.1, -0.05) is 18.2 Å². The van der Waals surface area contributed by atoms with Gasteiger partial charge in [0.25, 0.3) is 0 Å². The summed E-state index contributed by atoms with van der Waals surface area (Å²) in [5.74, 6) is -0.0202. The summed E-state index contributed by atoms with van der Waals surface area (Å²) in [6, 6.07) is 7.79. The molecule has 1 heterocycles. The van der Waals surface area contributed by atoms with Crippen LogP contribution in [0.1, 0.15) is 12.0 Å². The van der Waals surface area contributed by atoms with Gasteiger partial charge in [0.05, 0.1) is 18.4 Å². The molecule has 5 nitrogen and oxygen atoms in total. The molecule has 1 atom stereocenters. The van der Waals surface area contributed by atoms with Gasteiger partial charge < -0.3 is 10.1 Å². The van der Waals surface area contributed by atoms with E-state index >= 15 is 0 Å². The molecular weight excluding hydrogens is 276 g/mol. The Hall–Kier alpha value is -1.37. The number of rotatable bonds is 7. The Morgan fingerprint density at radius 3 is 2.70 bits per heavy atom. The molecule has 0 aliphatic carbocycles. The number of anilines is 1. The van der Waals surface area contributed by atoms with Crippen LogP contribution in [0.25, 0.3) is 0 Å². The lowest BCUT2D eigenvalue weighted by atomic mass is 10.2. The number of nitrogens with one attached hydrogen (secondary N) is 2. The van der Waals surface area contributed by atoms with E-state index in [0.29, 0.717) is 6.04 Å². The fourth-order valence-corrected chi connectivity index (χ4v) is 3.14. The highest BCUT2D eigenvalue weighted by Crippen LogP contribution is 2.15. The molecule has 0 spiro atoms. The van der Waals surface area contributed by atoms with Crippen LogP contribution in [0, 0.1) is 0 Å². The second-order valence-corrected chi connectivity index (χ2v) is 6.60. The van der Waals surface area contributed by atoms with Crippen LogP contribution in [0.4, 0.5) is 5.69 Å². The number of benzene rings is 1. The molecule has 0 radical (unpaired) electrons. The minimum atomic E-state index is -3.29. The van der Waals surface area contributed by atoms with E-state index in [-0.39, 0.29) is 12.3 Å². The van der Waals surface area contributed by atoms with E-state index in [0.717, 1.165) is 30.9 Å². The molecule has 1 aliphatic rings. The second-order valence-electron chi connectivity index (χ2n) is 4.80. The molecule has 0 amide bonds. The predicted octanol–water partition coefficient (Wildman–Crippen LogP) is 1.49. The summed E-state index contributed by atoms with van der Waals surface area (Å²) in [5, 5.41) is 3.36. The molecule has 1 aromatic rings. The Morgan fingerprint density at radius 2 is 2.10 bits per heavy atom. The van der Waals surface area contributed by atoms with E-state index in [1.807, 2.05) is 24.3 Å². The van der Waals surface area contributed by atoms with Crippen molar-refractivity contribution >= 4 is 15.7 Å². The third kappa shape index (κ3) is 4.63. The van der Waals surface area contributed by atoms with Crippen LogP contribution in [0.5, 0.6) is 0 Å². The third-order valence-corrected chi connectivity index (χ3v) is 4.38. The highest BCUT2D eigenvalue weighted by atomic mass is 32.2. The number of sulfonamides is 1. The van der Waals surface area contributed by atoms with Gasteiger partial charge in [-0.3, -0.25) is 0 Å². The van der Waals surface area contributed by atoms with Gasteiger partial charge in [-0.25, -0.2) is 13.1 Å². The molecule has 0 unspecified atom stereocenters. The third-order valence-electron chi connectivity index (χ3n) is 3.06. The summed E-state index contributed by atoms with van der Waals surface area (Å²) >= 11 is 0. The van der Waals surface area contributed by atoms with Gasteiger partial charge in [-0.05, 0) is 24.1 Å². The van der Waals surface area contributed by atoms with Gasteiger partial charge in [-0.15, -0.1) is 6.58 Å².